The van der Waals surface area contributed by atoms with Crippen LogP contribution in [-0.2, 0) is 9.63 Å². The van der Waals surface area contributed by atoms with Crippen molar-refractivity contribution in [3.8, 4) is 0 Å². The maximum absolute atomic E-state index is 10.6. The first-order valence-electron chi connectivity index (χ1n) is 3.94. The van der Waals surface area contributed by atoms with E-state index in [0.717, 1.165) is 5.56 Å². The molecule has 0 amide bonds. The maximum atomic E-state index is 10.6. The molecule has 13 heavy (non-hydrogen) atoms. The van der Waals surface area contributed by atoms with Crippen molar-refractivity contribution in [2.75, 3.05) is 0 Å². The summed E-state index contributed by atoms with van der Waals surface area (Å²) in [6, 6.07) is 9.70. The Kier molecular flexibility index (Phi) is 3.73. The van der Waals surface area contributed by atoms with E-state index in [9.17, 15) is 4.79 Å². The molecule has 3 nitrogen and oxygen atoms in total. The fourth-order valence-corrected chi connectivity index (χ4v) is 0.903. The fourth-order valence-electron chi connectivity index (χ4n) is 0.903. The lowest BCUT2D eigenvalue weighted by Gasteiger charge is -1.92. The van der Waals surface area contributed by atoms with Crippen molar-refractivity contribution in [1.29, 1.82) is 0 Å². The summed E-state index contributed by atoms with van der Waals surface area (Å²) in [5, 5.41) is 0. The summed E-state index contributed by atoms with van der Waals surface area (Å²) in [6.45, 7) is 0. The molecule has 1 aromatic rings. The van der Waals surface area contributed by atoms with E-state index in [2.05, 4.69) is 10.7 Å². The zero-order valence-electron chi connectivity index (χ0n) is 7.14. The van der Waals surface area contributed by atoms with E-state index in [1.807, 2.05) is 36.4 Å². The highest BCUT2D eigenvalue weighted by atomic mass is 16.7. The molecule has 0 aromatic heterocycles. The number of hydrogen-bond donors (Lipinski definition) is 1. The molecule has 3 heteroatoms. The monoisotopic (exact) mass is 177 g/mol. The lowest BCUT2D eigenvalue weighted by atomic mass is 10.2. The largest absolute Gasteiger partial charge is 0.373 e. The Morgan fingerprint density at radius 2 is 2.08 bits per heavy atom. The minimum atomic E-state index is -0.438. The van der Waals surface area contributed by atoms with Gasteiger partial charge < -0.3 is 4.84 Å². The van der Waals surface area contributed by atoms with E-state index in [4.69, 9.17) is 0 Å². The van der Waals surface area contributed by atoms with Crippen LogP contribution in [0.3, 0.4) is 0 Å². The maximum Gasteiger partial charge on any atom is 0.328 e. The van der Waals surface area contributed by atoms with Gasteiger partial charge in [0.25, 0.3) is 0 Å². The first-order chi connectivity index (χ1) is 6.33. The molecule has 0 saturated heterocycles. The van der Waals surface area contributed by atoms with Crippen LogP contribution in [0.4, 0.5) is 0 Å². The first-order valence-corrected chi connectivity index (χ1v) is 3.94. The van der Waals surface area contributed by atoms with Crippen LogP contribution in [0, 0.1) is 0 Å². The highest BCUT2D eigenvalue weighted by molar-refractivity contribution is 5.72. The normalized spacial score (nSPS) is 10.2. The number of nitrogens with two attached hydrogens (primary N) is 1. The zero-order chi connectivity index (χ0) is 9.52. The summed E-state index contributed by atoms with van der Waals surface area (Å²) in [5.74, 6) is 4.23. The number of benzene rings is 1. The van der Waals surface area contributed by atoms with Crippen molar-refractivity contribution in [3.63, 3.8) is 0 Å². The average molecular weight is 177 g/mol. The molecule has 1 aromatic carbocycles. The van der Waals surface area contributed by atoms with Crippen molar-refractivity contribution in [1.82, 2.24) is 0 Å². The summed E-state index contributed by atoms with van der Waals surface area (Å²) in [7, 11) is 0. The van der Waals surface area contributed by atoms with E-state index in [0.29, 0.717) is 0 Å². The minimum Gasteiger partial charge on any atom is -0.373 e. The molecule has 68 valence electrons. The Bertz CT molecular complexity index is 293. The predicted molar refractivity (Wildman–Crippen MR) is 50.4 cm³/mol. The summed E-state index contributed by atoms with van der Waals surface area (Å²) in [5.41, 5.74) is 1.05. The van der Waals surface area contributed by atoms with Crippen molar-refractivity contribution < 1.29 is 9.63 Å². The van der Waals surface area contributed by atoms with E-state index in [1.54, 1.807) is 6.08 Å². The first kappa shape index (κ1) is 9.48. The summed E-state index contributed by atoms with van der Waals surface area (Å²) in [6.07, 6.45) is 3.76. The smallest absolute Gasteiger partial charge is 0.328 e. The molecule has 0 spiro atoms. The van der Waals surface area contributed by atoms with Gasteiger partial charge in [-0.05, 0) is 5.56 Å². The second-order valence-corrected chi connectivity index (χ2v) is 2.51. The topological polar surface area (TPSA) is 52.3 Å². The molecule has 0 atom stereocenters. The summed E-state index contributed by atoms with van der Waals surface area (Å²) < 4.78 is 0. The van der Waals surface area contributed by atoms with Crippen LogP contribution < -0.4 is 5.90 Å². The zero-order valence-corrected chi connectivity index (χ0v) is 7.14. The van der Waals surface area contributed by atoms with Gasteiger partial charge in [0.05, 0.1) is 6.42 Å². The lowest BCUT2D eigenvalue weighted by molar-refractivity contribution is -0.143. The fraction of sp³-hybridized carbons (Fsp3) is 0.100. The Morgan fingerprint density at radius 1 is 1.38 bits per heavy atom. The van der Waals surface area contributed by atoms with Crippen LogP contribution in [0.1, 0.15) is 12.0 Å². The standard InChI is InChI=1S/C10H11NO2/c11-13-10(12)8-4-7-9-5-2-1-3-6-9/h1-7H,8,11H2. The third-order valence-corrected chi connectivity index (χ3v) is 1.53. The molecule has 0 fully saturated rings. The van der Waals surface area contributed by atoms with Crippen LogP contribution in [-0.4, -0.2) is 5.97 Å². The van der Waals surface area contributed by atoms with E-state index in [1.165, 1.54) is 0 Å². The third kappa shape index (κ3) is 3.53. The van der Waals surface area contributed by atoms with Gasteiger partial charge in [0.1, 0.15) is 0 Å². The SMILES string of the molecule is NOC(=O)CC=Cc1ccccc1. The molecular formula is C10H11NO2. The summed E-state index contributed by atoms with van der Waals surface area (Å²) in [4.78, 5) is 14.6. The van der Waals surface area contributed by atoms with Gasteiger partial charge in [0.2, 0.25) is 0 Å². The Labute approximate surface area is 76.8 Å². The molecule has 0 aliphatic heterocycles. The molecule has 0 unspecified atom stereocenters. The van der Waals surface area contributed by atoms with E-state index >= 15 is 0 Å². The van der Waals surface area contributed by atoms with Gasteiger partial charge in [-0.2, -0.15) is 5.90 Å². The van der Waals surface area contributed by atoms with Crippen LogP contribution in [0.2, 0.25) is 0 Å². The second kappa shape index (κ2) is 5.11. The van der Waals surface area contributed by atoms with E-state index < -0.39 is 5.97 Å². The molecule has 0 radical (unpaired) electrons. The van der Waals surface area contributed by atoms with Gasteiger partial charge in [-0.15, -0.1) is 0 Å². The van der Waals surface area contributed by atoms with Gasteiger partial charge in [0.15, 0.2) is 0 Å². The molecule has 2 N–H and O–H groups in total. The van der Waals surface area contributed by atoms with Crippen LogP contribution in [0.15, 0.2) is 36.4 Å². The van der Waals surface area contributed by atoms with E-state index in [-0.39, 0.29) is 6.42 Å². The third-order valence-electron chi connectivity index (χ3n) is 1.53. The number of hydrogen-bond acceptors (Lipinski definition) is 3. The molecule has 0 aliphatic rings. The molecule has 0 bridgehead atoms. The number of carbonyl (C=O) groups is 1. The molecule has 0 saturated carbocycles. The quantitative estimate of drug-likeness (QED) is 0.712. The van der Waals surface area contributed by atoms with Gasteiger partial charge in [-0.25, -0.2) is 0 Å². The molecule has 0 heterocycles. The van der Waals surface area contributed by atoms with Gasteiger partial charge in [-0.1, -0.05) is 42.5 Å². The molecule has 1 rings (SSSR count). The summed E-state index contributed by atoms with van der Waals surface area (Å²) >= 11 is 0. The van der Waals surface area contributed by atoms with Crippen molar-refractivity contribution >= 4 is 12.0 Å². The van der Waals surface area contributed by atoms with Crippen LogP contribution in [0.5, 0.6) is 0 Å². The van der Waals surface area contributed by atoms with Crippen molar-refractivity contribution in [3.05, 3.63) is 42.0 Å². The highest BCUT2D eigenvalue weighted by Gasteiger charge is 1.94. The Balaban J connectivity index is 2.45. The van der Waals surface area contributed by atoms with Gasteiger partial charge >= 0.3 is 5.97 Å². The predicted octanol–water partition coefficient (Wildman–Crippen LogP) is 1.51. The van der Waals surface area contributed by atoms with Crippen molar-refractivity contribution in [2.24, 2.45) is 5.90 Å². The average Bonchev–Trinajstić information content (AvgIpc) is 2.19. The van der Waals surface area contributed by atoms with Gasteiger partial charge in [-0.3, -0.25) is 4.79 Å². The van der Waals surface area contributed by atoms with Crippen LogP contribution in [0.25, 0.3) is 6.08 Å². The number of carbonyl (C=O) groups excluding carboxylic acids is 1. The Morgan fingerprint density at radius 3 is 2.69 bits per heavy atom. The molecule has 0 aliphatic carbocycles. The Hall–Kier alpha value is -1.61. The molecular weight excluding hydrogens is 166 g/mol. The minimum absolute atomic E-state index is 0.200. The van der Waals surface area contributed by atoms with Gasteiger partial charge in [0, 0.05) is 0 Å². The van der Waals surface area contributed by atoms with Crippen molar-refractivity contribution in [2.45, 2.75) is 6.42 Å². The lowest BCUT2D eigenvalue weighted by Crippen LogP contribution is -2.07. The second-order valence-electron chi connectivity index (χ2n) is 2.51. The highest BCUT2D eigenvalue weighted by Crippen LogP contribution is 2.01. The van der Waals surface area contributed by atoms with Crippen LogP contribution >= 0.6 is 0 Å². The number of rotatable bonds is 3.